The molecule has 2 bridgehead atoms. The standard InChI is InChI=1S/C17H33N3O2/c1-2-21-8-7-20-14-16-11-17(15-20)13-19(12-16)4-3-18-5-9-22-10-6-18/h16-17H,2-15H2,1H3. The van der Waals surface area contributed by atoms with Gasteiger partial charge in [0.2, 0.25) is 0 Å². The first-order valence-corrected chi connectivity index (χ1v) is 9.16. The highest BCUT2D eigenvalue weighted by Gasteiger charge is 2.33. The van der Waals surface area contributed by atoms with E-state index in [1.165, 1.54) is 45.7 Å². The molecule has 0 spiro atoms. The Morgan fingerprint density at radius 2 is 1.45 bits per heavy atom. The number of nitrogens with zero attached hydrogens (tertiary/aromatic N) is 3. The van der Waals surface area contributed by atoms with Gasteiger partial charge < -0.3 is 19.3 Å². The highest BCUT2D eigenvalue weighted by molar-refractivity contribution is 4.87. The molecular formula is C17H33N3O2. The van der Waals surface area contributed by atoms with E-state index in [0.29, 0.717) is 0 Å². The highest BCUT2D eigenvalue weighted by Crippen LogP contribution is 2.28. The van der Waals surface area contributed by atoms with Gasteiger partial charge in [0, 0.05) is 65.5 Å². The maximum Gasteiger partial charge on any atom is 0.0594 e. The molecule has 3 aliphatic heterocycles. The molecule has 3 aliphatic rings. The van der Waals surface area contributed by atoms with E-state index in [-0.39, 0.29) is 0 Å². The Hall–Kier alpha value is -0.200. The van der Waals surface area contributed by atoms with Gasteiger partial charge in [0.1, 0.15) is 0 Å². The lowest BCUT2D eigenvalue weighted by Gasteiger charge is -2.46. The molecule has 5 heteroatoms. The Morgan fingerprint density at radius 1 is 0.864 bits per heavy atom. The molecule has 2 unspecified atom stereocenters. The summed E-state index contributed by atoms with van der Waals surface area (Å²) < 4.78 is 11.0. The highest BCUT2D eigenvalue weighted by atomic mass is 16.5. The van der Waals surface area contributed by atoms with Gasteiger partial charge in [-0.15, -0.1) is 0 Å². The van der Waals surface area contributed by atoms with Crippen LogP contribution < -0.4 is 0 Å². The van der Waals surface area contributed by atoms with Gasteiger partial charge >= 0.3 is 0 Å². The molecule has 0 saturated carbocycles. The SMILES string of the molecule is CCOCCN1CC2CC(C1)CN(CCN1CCOCC1)C2. The first-order valence-electron chi connectivity index (χ1n) is 9.16. The molecule has 0 aliphatic carbocycles. The van der Waals surface area contributed by atoms with Gasteiger partial charge in [-0.2, -0.15) is 0 Å². The largest absolute Gasteiger partial charge is 0.380 e. The Labute approximate surface area is 135 Å². The third kappa shape index (κ3) is 4.90. The Balaban J connectivity index is 1.37. The third-order valence-corrected chi connectivity index (χ3v) is 5.32. The summed E-state index contributed by atoms with van der Waals surface area (Å²) in [6.45, 7) is 16.6. The summed E-state index contributed by atoms with van der Waals surface area (Å²) in [6.07, 6.45) is 1.44. The summed E-state index contributed by atoms with van der Waals surface area (Å²) in [6, 6.07) is 0. The normalized spacial score (nSPS) is 31.5. The Bertz CT molecular complexity index is 309. The quantitative estimate of drug-likeness (QED) is 0.643. The van der Waals surface area contributed by atoms with E-state index < -0.39 is 0 Å². The van der Waals surface area contributed by atoms with Crippen molar-refractivity contribution < 1.29 is 9.47 Å². The van der Waals surface area contributed by atoms with Crippen molar-refractivity contribution in [3.05, 3.63) is 0 Å². The third-order valence-electron chi connectivity index (χ3n) is 5.32. The average Bonchev–Trinajstić information content (AvgIpc) is 2.53. The number of piperidine rings is 2. The van der Waals surface area contributed by atoms with Crippen LogP contribution in [0.3, 0.4) is 0 Å². The first kappa shape index (κ1) is 16.7. The van der Waals surface area contributed by atoms with Gasteiger partial charge in [0.05, 0.1) is 19.8 Å². The van der Waals surface area contributed by atoms with Crippen LogP contribution >= 0.6 is 0 Å². The van der Waals surface area contributed by atoms with Crippen molar-refractivity contribution in [1.29, 1.82) is 0 Å². The van der Waals surface area contributed by atoms with E-state index in [9.17, 15) is 0 Å². The van der Waals surface area contributed by atoms with Gasteiger partial charge in [0.25, 0.3) is 0 Å². The second kappa shape index (κ2) is 8.60. The summed E-state index contributed by atoms with van der Waals surface area (Å²) in [5.41, 5.74) is 0. The van der Waals surface area contributed by atoms with Crippen molar-refractivity contribution in [3.63, 3.8) is 0 Å². The number of morpholine rings is 1. The smallest absolute Gasteiger partial charge is 0.0594 e. The molecule has 0 aromatic carbocycles. The molecule has 0 N–H and O–H groups in total. The number of ether oxygens (including phenoxy) is 2. The van der Waals surface area contributed by atoms with E-state index >= 15 is 0 Å². The van der Waals surface area contributed by atoms with Crippen LogP contribution in [0, 0.1) is 11.8 Å². The Kier molecular flexibility index (Phi) is 6.51. The van der Waals surface area contributed by atoms with Crippen LogP contribution in [-0.4, -0.2) is 100 Å². The Morgan fingerprint density at radius 3 is 2.09 bits per heavy atom. The summed E-state index contributed by atoms with van der Waals surface area (Å²) >= 11 is 0. The number of fused-ring (bicyclic) bond motifs is 2. The zero-order valence-corrected chi connectivity index (χ0v) is 14.2. The molecular weight excluding hydrogens is 278 g/mol. The van der Waals surface area contributed by atoms with E-state index in [0.717, 1.165) is 57.9 Å². The summed E-state index contributed by atoms with van der Waals surface area (Å²) in [5, 5.41) is 0. The van der Waals surface area contributed by atoms with Gasteiger partial charge in [0.15, 0.2) is 0 Å². The molecule has 3 fully saturated rings. The van der Waals surface area contributed by atoms with Crippen LogP contribution in [0.5, 0.6) is 0 Å². The molecule has 22 heavy (non-hydrogen) atoms. The average molecular weight is 311 g/mol. The fourth-order valence-corrected chi connectivity index (χ4v) is 4.31. The van der Waals surface area contributed by atoms with E-state index in [4.69, 9.17) is 9.47 Å². The molecule has 0 aromatic heterocycles. The lowest BCUT2D eigenvalue weighted by atomic mass is 9.84. The zero-order valence-electron chi connectivity index (χ0n) is 14.2. The number of likely N-dealkylation sites (tertiary alicyclic amines) is 2. The molecule has 3 rings (SSSR count). The predicted molar refractivity (Wildman–Crippen MR) is 88.2 cm³/mol. The predicted octanol–water partition coefficient (Wildman–Crippen LogP) is 0.609. The van der Waals surface area contributed by atoms with Crippen molar-refractivity contribution in [2.75, 3.05) is 85.3 Å². The topological polar surface area (TPSA) is 28.2 Å². The van der Waals surface area contributed by atoms with E-state index in [1.807, 2.05) is 0 Å². The van der Waals surface area contributed by atoms with Crippen LogP contribution in [0.2, 0.25) is 0 Å². The number of hydrogen-bond acceptors (Lipinski definition) is 5. The van der Waals surface area contributed by atoms with Gasteiger partial charge in [-0.3, -0.25) is 4.90 Å². The molecule has 3 heterocycles. The molecule has 128 valence electrons. The van der Waals surface area contributed by atoms with E-state index in [2.05, 4.69) is 21.6 Å². The molecule has 5 nitrogen and oxygen atoms in total. The summed E-state index contributed by atoms with van der Waals surface area (Å²) in [5.74, 6) is 1.75. The second-order valence-corrected chi connectivity index (χ2v) is 7.14. The van der Waals surface area contributed by atoms with Crippen LogP contribution in [0.25, 0.3) is 0 Å². The molecule has 2 atom stereocenters. The van der Waals surface area contributed by atoms with Gasteiger partial charge in [-0.25, -0.2) is 0 Å². The second-order valence-electron chi connectivity index (χ2n) is 7.14. The number of hydrogen-bond donors (Lipinski definition) is 0. The summed E-state index contributed by atoms with van der Waals surface area (Å²) in [7, 11) is 0. The van der Waals surface area contributed by atoms with Crippen LogP contribution in [-0.2, 0) is 9.47 Å². The minimum absolute atomic E-state index is 0.843. The van der Waals surface area contributed by atoms with Crippen LogP contribution in [0.4, 0.5) is 0 Å². The lowest BCUT2D eigenvalue weighted by molar-refractivity contribution is 0.00338. The molecule has 3 saturated heterocycles. The molecule has 0 amide bonds. The fourth-order valence-electron chi connectivity index (χ4n) is 4.31. The monoisotopic (exact) mass is 311 g/mol. The minimum atomic E-state index is 0.843. The maximum absolute atomic E-state index is 5.52. The maximum atomic E-state index is 5.52. The first-order chi connectivity index (χ1) is 10.8. The molecule has 0 radical (unpaired) electrons. The number of rotatable bonds is 7. The van der Waals surface area contributed by atoms with Gasteiger partial charge in [-0.05, 0) is 25.2 Å². The van der Waals surface area contributed by atoms with Crippen molar-refractivity contribution in [3.8, 4) is 0 Å². The lowest BCUT2D eigenvalue weighted by Crippen LogP contribution is -2.54. The molecule has 0 aromatic rings. The van der Waals surface area contributed by atoms with Crippen LogP contribution in [0.1, 0.15) is 13.3 Å². The van der Waals surface area contributed by atoms with Crippen molar-refractivity contribution in [1.82, 2.24) is 14.7 Å². The fraction of sp³-hybridized carbons (Fsp3) is 1.00. The van der Waals surface area contributed by atoms with Gasteiger partial charge in [-0.1, -0.05) is 0 Å². The van der Waals surface area contributed by atoms with Crippen molar-refractivity contribution in [2.24, 2.45) is 11.8 Å². The summed E-state index contributed by atoms with van der Waals surface area (Å²) in [4.78, 5) is 7.91. The van der Waals surface area contributed by atoms with E-state index in [1.54, 1.807) is 0 Å². The minimum Gasteiger partial charge on any atom is -0.380 e. The van der Waals surface area contributed by atoms with Crippen molar-refractivity contribution >= 4 is 0 Å². The van der Waals surface area contributed by atoms with Crippen molar-refractivity contribution in [2.45, 2.75) is 13.3 Å². The zero-order chi connectivity index (χ0) is 15.2. The van der Waals surface area contributed by atoms with Crippen LogP contribution in [0.15, 0.2) is 0 Å².